The first-order chi connectivity index (χ1) is 15.1. The summed E-state index contributed by atoms with van der Waals surface area (Å²) in [5.41, 5.74) is 0.0640. The summed E-state index contributed by atoms with van der Waals surface area (Å²) >= 11 is 1.46. The topological polar surface area (TPSA) is 74.0 Å². The monoisotopic (exact) mass is 427 g/mol. The summed E-state index contributed by atoms with van der Waals surface area (Å²) in [7, 11) is 0. The molecule has 0 unspecified atom stereocenters. The standard InChI is InChI=1S/C24H17N3O3S/c28-21(18-10-9-16-5-1-2-6-17(16)13-18)15-26-20-8-3-11-25-22(20)23(29)27(24(26)30)14-19-7-4-12-31-19/h1-13H,14-15H2. The number of pyridine rings is 1. The molecule has 3 heterocycles. The first-order valence-electron chi connectivity index (χ1n) is 9.74. The minimum atomic E-state index is -0.520. The Labute approximate surface area is 180 Å². The molecule has 0 bridgehead atoms. The lowest BCUT2D eigenvalue weighted by Gasteiger charge is -2.13. The van der Waals surface area contributed by atoms with Gasteiger partial charge in [-0.2, -0.15) is 0 Å². The average molecular weight is 427 g/mol. The zero-order valence-electron chi connectivity index (χ0n) is 16.4. The van der Waals surface area contributed by atoms with Crippen LogP contribution in [-0.2, 0) is 13.1 Å². The molecular weight excluding hydrogens is 410 g/mol. The molecule has 0 atom stereocenters. The largest absolute Gasteiger partial charge is 0.332 e. The van der Waals surface area contributed by atoms with E-state index in [1.165, 1.54) is 22.1 Å². The molecule has 5 rings (SSSR count). The number of hydrogen-bond acceptors (Lipinski definition) is 5. The second kappa shape index (κ2) is 7.77. The predicted molar refractivity (Wildman–Crippen MR) is 122 cm³/mol. The van der Waals surface area contributed by atoms with Gasteiger partial charge in [-0.3, -0.25) is 18.7 Å². The summed E-state index contributed by atoms with van der Waals surface area (Å²) < 4.78 is 2.49. The summed E-state index contributed by atoms with van der Waals surface area (Å²) in [5, 5.41) is 3.88. The second-order valence-corrected chi connectivity index (χ2v) is 8.23. The molecular formula is C24H17N3O3S. The normalized spacial score (nSPS) is 11.2. The molecule has 3 aromatic heterocycles. The lowest BCUT2D eigenvalue weighted by atomic mass is 10.0. The van der Waals surface area contributed by atoms with Crippen LogP contribution in [0.3, 0.4) is 0 Å². The van der Waals surface area contributed by atoms with Gasteiger partial charge in [-0.15, -0.1) is 11.3 Å². The molecule has 152 valence electrons. The maximum atomic E-state index is 13.3. The zero-order chi connectivity index (χ0) is 21.4. The van der Waals surface area contributed by atoms with Crippen LogP contribution in [0.2, 0.25) is 0 Å². The third-order valence-corrected chi connectivity index (χ3v) is 6.12. The number of rotatable bonds is 5. The molecule has 0 aliphatic heterocycles. The summed E-state index contributed by atoms with van der Waals surface area (Å²) in [4.78, 5) is 44.4. The fraction of sp³-hybridized carbons (Fsp3) is 0.0833. The van der Waals surface area contributed by atoms with Gasteiger partial charge in [0, 0.05) is 16.6 Å². The average Bonchev–Trinajstić information content (AvgIpc) is 3.32. The van der Waals surface area contributed by atoms with E-state index in [1.807, 2.05) is 53.9 Å². The van der Waals surface area contributed by atoms with Crippen molar-refractivity contribution in [2.24, 2.45) is 0 Å². The molecule has 2 aromatic carbocycles. The Balaban J connectivity index is 1.62. The van der Waals surface area contributed by atoms with E-state index >= 15 is 0 Å². The van der Waals surface area contributed by atoms with Crippen LogP contribution in [0.1, 0.15) is 15.2 Å². The fourth-order valence-electron chi connectivity index (χ4n) is 3.69. The molecule has 31 heavy (non-hydrogen) atoms. The van der Waals surface area contributed by atoms with Crippen LogP contribution in [0, 0.1) is 0 Å². The first kappa shape index (κ1) is 19.1. The van der Waals surface area contributed by atoms with Gasteiger partial charge in [0.15, 0.2) is 11.3 Å². The van der Waals surface area contributed by atoms with E-state index in [0.29, 0.717) is 11.1 Å². The third kappa shape index (κ3) is 3.49. The Bertz CT molecular complexity index is 1550. The van der Waals surface area contributed by atoms with Crippen molar-refractivity contribution < 1.29 is 4.79 Å². The number of nitrogens with zero attached hydrogens (tertiary/aromatic N) is 3. The van der Waals surface area contributed by atoms with Crippen LogP contribution in [0.25, 0.3) is 21.8 Å². The van der Waals surface area contributed by atoms with Crippen LogP contribution in [0.4, 0.5) is 0 Å². The van der Waals surface area contributed by atoms with E-state index in [4.69, 9.17) is 0 Å². The highest BCUT2D eigenvalue weighted by molar-refractivity contribution is 7.09. The predicted octanol–water partition coefficient (Wildman–Crippen LogP) is 3.70. The summed E-state index contributed by atoms with van der Waals surface area (Å²) in [6, 6.07) is 20.3. The lowest BCUT2D eigenvalue weighted by molar-refractivity contribution is 0.0971. The molecule has 0 saturated carbocycles. The van der Waals surface area contributed by atoms with Gasteiger partial charge in [-0.25, -0.2) is 9.78 Å². The Morgan fingerprint density at radius 1 is 0.903 bits per heavy atom. The highest BCUT2D eigenvalue weighted by Crippen LogP contribution is 2.17. The minimum absolute atomic E-state index is 0.145. The number of carbonyl (C=O) groups is 1. The van der Waals surface area contributed by atoms with Crippen molar-refractivity contribution in [3.63, 3.8) is 0 Å². The van der Waals surface area contributed by atoms with Crippen LogP contribution in [0.5, 0.6) is 0 Å². The maximum Gasteiger partial charge on any atom is 0.332 e. The van der Waals surface area contributed by atoms with E-state index in [-0.39, 0.29) is 24.4 Å². The molecule has 5 aromatic rings. The molecule has 0 aliphatic carbocycles. The van der Waals surface area contributed by atoms with Crippen LogP contribution in [-0.4, -0.2) is 19.9 Å². The van der Waals surface area contributed by atoms with E-state index in [9.17, 15) is 14.4 Å². The Kier molecular flexibility index (Phi) is 4.80. The SMILES string of the molecule is O=C(Cn1c(=O)n(Cc2cccs2)c(=O)c2ncccc21)c1ccc2ccccc2c1. The number of fused-ring (bicyclic) bond motifs is 2. The number of benzene rings is 2. The van der Waals surface area contributed by atoms with E-state index in [2.05, 4.69) is 4.98 Å². The molecule has 0 fully saturated rings. The lowest BCUT2D eigenvalue weighted by Crippen LogP contribution is -2.41. The highest BCUT2D eigenvalue weighted by atomic mass is 32.1. The van der Waals surface area contributed by atoms with Crippen molar-refractivity contribution in [2.75, 3.05) is 0 Å². The van der Waals surface area contributed by atoms with Crippen molar-refractivity contribution >= 4 is 38.9 Å². The maximum absolute atomic E-state index is 13.3. The van der Waals surface area contributed by atoms with Crippen molar-refractivity contribution in [2.45, 2.75) is 13.1 Å². The van der Waals surface area contributed by atoms with E-state index < -0.39 is 11.2 Å². The molecule has 0 spiro atoms. The van der Waals surface area contributed by atoms with Crippen molar-refractivity contribution in [1.29, 1.82) is 0 Å². The van der Waals surface area contributed by atoms with Crippen LogP contribution in [0.15, 0.2) is 87.9 Å². The van der Waals surface area contributed by atoms with Gasteiger partial charge < -0.3 is 0 Å². The first-order valence-corrected chi connectivity index (χ1v) is 10.6. The molecule has 0 N–H and O–H groups in total. The van der Waals surface area contributed by atoms with Crippen LogP contribution < -0.4 is 11.2 Å². The van der Waals surface area contributed by atoms with Gasteiger partial charge in [0.05, 0.1) is 18.6 Å². The van der Waals surface area contributed by atoms with Crippen molar-refractivity contribution in [1.82, 2.24) is 14.1 Å². The molecule has 0 aliphatic rings. The van der Waals surface area contributed by atoms with Gasteiger partial charge in [0.1, 0.15) is 0 Å². The van der Waals surface area contributed by atoms with Gasteiger partial charge >= 0.3 is 5.69 Å². The molecule has 0 saturated heterocycles. The molecule has 0 amide bonds. The molecule has 6 nitrogen and oxygen atoms in total. The number of thiophene rings is 1. The van der Waals surface area contributed by atoms with Gasteiger partial charge in [-0.05, 0) is 40.4 Å². The number of ketones is 1. The van der Waals surface area contributed by atoms with E-state index in [0.717, 1.165) is 20.2 Å². The Hall–Kier alpha value is -3.84. The number of aromatic nitrogens is 3. The summed E-state index contributed by atoms with van der Waals surface area (Å²) in [6.07, 6.45) is 1.51. The quantitative estimate of drug-likeness (QED) is 0.401. The number of carbonyl (C=O) groups excluding carboxylic acids is 1. The Morgan fingerprint density at radius 3 is 2.55 bits per heavy atom. The second-order valence-electron chi connectivity index (χ2n) is 7.20. The highest BCUT2D eigenvalue weighted by Gasteiger charge is 2.17. The zero-order valence-corrected chi connectivity index (χ0v) is 17.2. The summed E-state index contributed by atoms with van der Waals surface area (Å²) in [6.45, 7) is -0.0316. The van der Waals surface area contributed by atoms with Crippen LogP contribution >= 0.6 is 11.3 Å². The number of hydrogen-bond donors (Lipinski definition) is 0. The van der Waals surface area contributed by atoms with E-state index in [1.54, 1.807) is 18.2 Å². The van der Waals surface area contributed by atoms with Crippen molar-refractivity contribution in [3.8, 4) is 0 Å². The van der Waals surface area contributed by atoms with Crippen molar-refractivity contribution in [3.05, 3.63) is 110 Å². The smallest absolute Gasteiger partial charge is 0.292 e. The summed E-state index contributed by atoms with van der Waals surface area (Å²) in [5.74, 6) is -0.209. The minimum Gasteiger partial charge on any atom is -0.292 e. The van der Waals surface area contributed by atoms with Gasteiger partial charge in [0.2, 0.25) is 0 Å². The number of Topliss-reactive ketones (excluding diaryl/α,β-unsaturated/α-hetero) is 1. The third-order valence-electron chi connectivity index (χ3n) is 5.25. The van der Waals surface area contributed by atoms with Gasteiger partial charge in [0.25, 0.3) is 5.56 Å². The fourth-order valence-corrected chi connectivity index (χ4v) is 4.38. The Morgan fingerprint density at radius 2 is 1.74 bits per heavy atom. The molecule has 0 radical (unpaired) electrons. The molecule has 7 heteroatoms. The van der Waals surface area contributed by atoms with Gasteiger partial charge in [-0.1, -0.05) is 42.5 Å².